The van der Waals surface area contributed by atoms with Crippen molar-refractivity contribution in [2.45, 2.75) is 31.9 Å². The SMILES string of the molecule is O=C(CCN1C(=O)[C@@H]2[C@H]3CC[C@H](C3)[C@@H]2C1=O)Nc1ccccc1C(F)(F)F. The third kappa shape index (κ3) is 3.00. The van der Waals surface area contributed by atoms with Crippen LogP contribution in [0.15, 0.2) is 24.3 Å². The fourth-order valence-electron chi connectivity index (χ4n) is 4.96. The number of nitrogens with one attached hydrogen (secondary N) is 1. The normalized spacial score (nSPS) is 29.4. The Morgan fingerprint density at radius 1 is 1.07 bits per heavy atom. The molecule has 1 aliphatic heterocycles. The molecular weight excluding hydrogens is 361 g/mol. The molecule has 3 aliphatic rings. The van der Waals surface area contributed by atoms with Crippen LogP contribution in [-0.4, -0.2) is 29.2 Å². The number of alkyl halides is 3. The summed E-state index contributed by atoms with van der Waals surface area (Å²) in [5.74, 6) is -1.10. The first-order valence-electron chi connectivity index (χ1n) is 9.08. The van der Waals surface area contributed by atoms with Crippen molar-refractivity contribution in [1.82, 2.24) is 4.90 Å². The van der Waals surface area contributed by atoms with E-state index in [9.17, 15) is 27.6 Å². The maximum atomic E-state index is 13.0. The van der Waals surface area contributed by atoms with Gasteiger partial charge in [-0.25, -0.2) is 0 Å². The molecule has 1 aromatic rings. The van der Waals surface area contributed by atoms with Crippen LogP contribution in [0, 0.1) is 23.7 Å². The number of imide groups is 1. The van der Waals surface area contributed by atoms with Crippen LogP contribution in [0.25, 0.3) is 0 Å². The molecule has 144 valence electrons. The van der Waals surface area contributed by atoms with Crippen LogP contribution >= 0.6 is 0 Å². The molecule has 1 aromatic carbocycles. The first kappa shape index (κ1) is 18.0. The molecule has 0 unspecified atom stereocenters. The monoisotopic (exact) mass is 380 g/mol. The largest absolute Gasteiger partial charge is 0.418 e. The molecule has 1 N–H and O–H groups in total. The van der Waals surface area contributed by atoms with Crippen molar-refractivity contribution in [3.05, 3.63) is 29.8 Å². The first-order valence-corrected chi connectivity index (χ1v) is 9.08. The number of amides is 3. The third-order valence-electron chi connectivity index (χ3n) is 6.09. The van der Waals surface area contributed by atoms with E-state index in [1.165, 1.54) is 18.2 Å². The number of hydrogen-bond donors (Lipinski definition) is 1. The summed E-state index contributed by atoms with van der Waals surface area (Å²) < 4.78 is 39.0. The van der Waals surface area contributed by atoms with Gasteiger partial charge in [-0.1, -0.05) is 12.1 Å². The second kappa shape index (κ2) is 6.35. The highest BCUT2D eigenvalue weighted by Gasteiger charge is 2.60. The van der Waals surface area contributed by atoms with E-state index in [1.54, 1.807) is 0 Å². The van der Waals surface area contributed by atoms with E-state index in [-0.39, 0.29) is 54.1 Å². The number of para-hydroxylation sites is 1. The van der Waals surface area contributed by atoms with E-state index < -0.39 is 17.6 Å². The molecule has 1 saturated heterocycles. The minimum Gasteiger partial charge on any atom is -0.325 e. The lowest BCUT2D eigenvalue weighted by molar-refractivity contribution is -0.141. The molecule has 0 aromatic heterocycles. The number of fused-ring (bicyclic) bond motifs is 5. The molecule has 4 atom stereocenters. The number of carbonyl (C=O) groups is 3. The summed E-state index contributed by atoms with van der Waals surface area (Å²) in [6.07, 6.45) is -1.95. The summed E-state index contributed by atoms with van der Waals surface area (Å²) in [4.78, 5) is 38.4. The smallest absolute Gasteiger partial charge is 0.325 e. The number of hydrogen-bond acceptors (Lipinski definition) is 3. The van der Waals surface area contributed by atoms with Crippen LogP contribution in [-0.2, 0) is 20.6 Å². The molecular formula is C19H19F3N2O3. The van der Waals surface area contributed by atoms with Crippen molar-refractivity contribution in [2.24, 2.45) is 23.7 Å². The van der Waals surface area contributed by atoms with Crippen LogP contribution in [0.2, 0.25) is 0 Å². The lowest BCUT2D eigenvalue weighted by Gasteiger charge is -2.19. The fraction of sp³-hybridized carbons (Fsp3) is 0.526. The van der Waals surface area contributed by atoms with Crippen molar-refractivity contribution < 1.29 is 27.6 Å². The molecule has 2 saturated carbocycles. The average Bonchev–Trinajstić information content (AvgIpc) is 3.27. The molecule has 2 aliphatic carbocycles. The molecule has 8 heteroatoms. The first-order chi connectivity index (χ1) is 12.8. The fourth-order valence-corrected chi connectivity index (χ4v) is 4.96. The van der Waals surface area contributed by atoms with Crippen LogP contribution in [0.5, 0.6) is 0 Å². The Hall–Kier alpha value is -2.38. The van der Waals surface area contributed by atoms with Gasteiger partial charge in [0.2, 0.25) is 17.7 Å². The molecule has 4 rings (SSSR count). The summed E-state index contributed by atoms with van der Waals surface area (Å²) in [5, 5.41) is 2.24. The van der Waals surface area contributed by atoms with Crippen molar-refractivity contribution in [1.29, 1.82) is 0 Å². The Labute approximate surface area is 153 Å². The zero-order valence-electron chi connectivity index (χ0n) is 14.5. The highest BCUT2D eigenvalue weighted by molar-refractivity contribution is 6.06. The number of nitrogens with zero attached hydrogens (tertiary/aromatic N) is 1. The van der Waals surface area contributed by atoms with Gasteiger partial charge in [0.1, 0.15) is 0 Å². The molecule has 3 fully saturated rings. The number of benzene rings is 1. The lowest BCUT2D eigenvalue weighted by atomic mass is 9.81. The maximum Gasteiger partial charge on any atom is 0.418 e. The van der Waals surface area contributed by atoms with E-state index in [0.717, 1.165) is 30.2 Å². The Morgan fingerprint density at radius 3 is 2.26 bits per heavy atom. The second-order valence-corrected chi connectivity index (χ2v) is 7.55. The van der Waals surface area contributed by atoms with Crippen molar-refractivity contribution >= 4 is 23.4 Å². The van der Waals surface area contributed by atoms with Gasteiger partial charge in [-0.15, -0.1) is 0 Å². The van der Waals surface area contributed by atoms with E-state index in [4.69, 9.17) is 0 Å². The van der Waals surface area contributed by atoms with Gasteiger partial charge in [0, 0.05) is 13.0 Å². The van der Waals surface area contributed by atoms with Gasteiger partial charge in [-0.2, -0.15) is 13.2 Å². The van der Waals surface area contributed by atoms with Crippen molar-refractivity contribution in [3.63, 3.8) is 0 Å². The molecule has 27 heavy (non-hydrogen) atoms. The van der Waals surface area contributed by atoms with Gasteiger partial charge < -0.3 is 5.32 Å². The average molecular weight is 380 g/mol. The van der Waals surface area contributed by atoms with Gasteiger partial charge in [0.15, 0.2) is 0 Å². The van der Waals surface area contributed by atoms with E-state index in [1.807, 2.05) is 0 Å². The molecule has 0 radical (unpaired) electrons. The second-order valence-electron chi connectivity index (χ2n) is 7.55. The molecule has 0 spiro atoms. The number of carbonyl (C=O) groups excluding carboxylic acids is 3. The molecule has 1 heterocycles. The summed E-state index contributed by atoms with van der Waals surface area (Å²) in [5.41, 5.74) is -1.26. The minimum atomic E-state index is -4.58. The summed E-state index contributed by atoms with van der Waals surface area (Å²) in [7, 11) is 0. The topological polar surface area (TPSA) is 66.5 Å². The Balaban J connectivity index is 1.40. The summed E-state index contributed by atoms with van der Waals surface area (Å²) in [6, 6.07) is 4.71. The highest BCUT2D eigenvalue weighted by atomic mass is 19.4. The Bertz CT molecular complexity index is 780. The van der Waals surface area contributed by atoms with E-state index in [0.29, 0.717) is 0 Å². The number of rotatable bonds is 4. The molecule has 5 nitrogen and oxygen atoms in total. The zero-order valence-corrected chi connectivity index (χ0v) is 14.5. The number of anilines is 1. The predicted octanol–water partition coefficient (Wildman–Crippen LogP) is 3.07. The van der Waals surface area contributed by atoms with Crippen LogP contribution in [0.3, 0.4) is 0 Å². The number of halogens is 3. The van der Waals surface area contributed by atoms with E-state index in [2.05, 4.69) is 5.32 Å². The Morgan fingerprint density at radius 2 is 1.67 bits per heavy atom. The van der Waals surface area contributed by atoms with Crippen molar-refractivity contribution in [3.8, 4) is 0 Å². The number of likely N-dealkylation sites (tertiary alicyclic amines) is 1. The predicted molar refractivity (Wildman–Crippen MR) is 89.2 cm³/mol. The highest BCUT2D eigenvalue weighted by Crippen LogP contribution is 2.56. The van der Waals surface area contributed by atoms with Gasteiger partial charge in [-0.05, 0) is 43.2 Å². The molecule has 2 bridgehead atoms. The standard InChI is InChI=1S/C19H19F3N2O3/c20-19(21,22)12-3-1-2-4-13(12)23-14(25)7-8-24-17(26)15-10-5-6-11(9-10)16(15)18(24)27/h1-4,10-11,15-16H,5-9H2,(H,23,25)/t10-,11+,15+,16-. The van der Waals surface area contributed by atoms with Crippen LogP contribution < -0.4 is 5.32 Å². The quantitative estimate of drug-likeness (QED) is 0.817. The van der Waals surface area contributed by atoms with E-state index >= 15 is 0 Å². The van der Waals surface area contributed by atoms with Crippen LogP contribution in [0.4, 0.5) is 18.9 Å². The van der Waals surface area contributed by atoms with Gasteiger partial charge in [-0.3, -0.25) is 19.3 Å². The summed E-state index contributed by atoms with van der Waals surface area (Å²) >= 11 is 0. The van der Waals surface area contributed by atoms with Crippen LogP contribution in [0.1, 0.15) is 31.2 Å². The summed E-state index contributed by atoms with van der Waals surface area (Å²) in [6.45, 7) is -0.0931. The molecule has 3 amide bonds. The van der Waals surface area contributed by atoms with Gasteiger partial charge in [0.25, 0.3) is 0 Å². The third-order valence-corrected chi connectivity index (χ3v) is 6.09. The maximum absolute atomic E-state index is 13.0. The lowest BCUT2D eigenvalue weighted by Crippen LogP contribution is -2.35. The minimum absolute atomic E-state index is 0.0931. The van der Waals surface area contributed by atoms with Crippen molar-refractivity contribution in [2.75, 3.05) is 11.9 Å². The van der Waals surface area contributed by atoms with Gasteiger partial charge >= 0.3 is 6.18 Å². The Kier molecular flexibility index (Phi) is 4.24. The zero-order chi connectivity index (χ0) is 19.3. The van der Waals surface area contributed by atoms with Gasteiger partial charge in [0.05, 0.1) is 23.1 Å².